The maximum absolute atomic E-state index is 13.2. The van der Waals surface area contributed by atoms with E-state index in [1.54, 1.807) is 44.3 Å². The highest BCUT2D eigenvalue weighted by Crippen LogP contribution is 2.31. The Labute approximate surface area is 176 Å². The summed E-state index contributed by atoms with van der Waals surface area (Å²) in [6, 6.07) is 13.1. The van der Waals surface area contributed by atoms with Crippen molar-refractivity contribution >= 4 is 17.7 Å². The number of nitrogens with zero attached hydrogens (tertiary/aromatic N) is 2. The Morgan fingerprint density at radius 2 is 1.90 bits per heavy atom. The average molecular weight is 409 g/mol. The molecule has 1 aromatic carbocycles. The SMILES string of the molecule is CC1=C(C(=O)N(C)C)CC(CC(=O)NCc2ccco2)C(=O)N1Cc1ccccc1. The highest BCUT2D eigenvalue weighted by atomic mass is 16.3. The molecule has 0 fully saturated rings. The van der Waals surface area contributed by atoms with Crippen molar-refractivity contribution in [2.75, 3.05) is 14.1 Å². The summed E-state index contributed by atoms with van der Waals surface area (Å²) in [6.07, 6.45) is 1.81. The van der Waals surface area contributed by atoms with Gasteiger partial charge >= 0.3 is 0 Å². The summed E-state index contributed by atoms with van der Waals surface area (Å²) in [4.78, 5) is 41.6. The molecule has 1 aliphatic rings. The van der Waals surface area contributed by atoms with Crippen molar-refractivity contribution in [3.63, 3.8) is 0 Å². The van der Waals surface area contributed by atoms with Crippen molar-refractivity contribution in [3.05, 3.63) is 71.3 Å². The van der Waals surface area contributed by atoms with Gasteiger partial charge in [0.1, 0.15) is 5.76 Å². The summed E-state index contributed by atoms with van der Waals surface area (Å²) in [5.41, 5.74) is 2.18. The first kappa shape index (κ1) is 21.4. The molecule has 0 bridgehead atoms. The van der Waals surface area contributed by atoms with Crippen LogP contribution in [0.3, 0.4) is 0 Å². The molecule has 3 amide bonds. The van der Waals surface area contributed by atoms with Crippen LogP contribution >= 0.6 is 0 Å². The van der Waals surface area contributed by atoms with Crippen LogP contribution in [0.2, 0.25) is 0 Å². The van der Waals surface area contributed by atoms with E-state index in [1.165, 1.54) is 4.90 Å². The fraction of sp³-hybridized carbons (Fsp3) is 0.348. The summed E-state index contributed by atoms with van der Waals surface area (Å²) in [7, 11) is 3.37. The summed E-state index contributed by atoms with van der Waals surface area (Å²) in [5.74, 6) is -0.476. The van der Waals surface area contributed by atoms with Crippen molar-refractivity contribution in [2.45, 2.75) is 32.9 Å². The summed E-state index contributed by atoms with van der Waals surface area (Å²) < 4.78 is 5.22. The third-order valence-electron chi connectivity index (χ3n) is 5.23. The van der Waals surface area contributed by atoms with E-state index in [2.05, 4.69) is 5.32 Å². The van der Waals surface area contributed by atoms with E-state index in [0.717, 1.165) is 5.56 Å². The molecule has 7 heteroatoms. The molecule has 0 radical (unpaired) electrons. The number of hydrogen-bond donors (Lipinski definition) is 1. The predicted molar refractivity (Wildman–Crippen MR) is 112 cm³/mol. The van der Waals surface area contributed by atoms with Gasteiger partial charge in [0, 0.05) is 31.8 Å². The van der Waals surface area contributed by atoms with Crippen LogP contribution in [0.25, 0.3) is 0 Å². The molecule has 30 heavy (non-hydrogen) atoms. The highest BCUT2D eigenvalue weighted by Gasteiger charge is 2.36. The van der Waals surface area contributed by atoms with Gasteiger partial charge in [0.2, 0.25) is 11.8 Å². The Balaban J connectivity index is 1.78. The monoisotopic (exact) mass is 409 g/mol. The fourth-order valence-electron chi connectivity index (χ4n) is 3.56. The maximum Gasteiger partial charge on any atom is 0.251 e. The van der Waals surface area contributed by atoms with E-state index in [4.69, 9.17) is 4.42 Å². The Kier molecular flexibility index (Phi) is 6.72. The summed E-state index contributed by atoms with van der Waals surface area (Å²) >= 11 is 0. The molecule has 1 unspecified atom stereocenters. The molecule has 2 heterocycles. The normalized spacial score (nSPS) is 16.6. The number of carbonyl (C=O) groups is 3. The van der Waals surface area contributed by atoms with Crippen molar-refractivity contribution < 1.29 is 18.8 Å². The zero-order valence-electron chi connectivity index (χ0n) is 17.6. The molecule has 1 aliphatic heterocycles. The molecule has 158 valence electrons. The third-order valence-corrected chi connectivity index (χ3v) is 5.23. The molecule has 7 nitrogen and oxygen atoms in total. The lowest BCUT2D eigenvalue weighted by Gasteiger charge is -2.35. The van der Waals surface area contributed by atoms with Gasteiger partial charge in [-0.2, -0.15) is 0 Å². The van der Waals surface area contributed by atoms with E-state index >= 15 is 0 Å². The van der Waals surface area contributed by atoms with Crippen LogP contribution in [-0.4, -0.2) is 41.6 Å². The van der Waals surface area contributed by atoms with Crippen molar-refractivity contribution in [1.82, 2.24) is 15.1 Å². The zero-order valence-corrected chi connectivity index (χ0v) is 17.6. The van der Waals surface area contributed by atoms with Gasteiger partial charge in [-0.3, -0.25) is 14.4 Å². The van der Waals surface area contributed by atoms with E-state index < -0.39 is 5.92 Å². The molecule has 1 N–H and O–H groups in total. The van der Waals surface area contributed by atoms with E-state index in [9.17, 15) is 14.4 Å². The quantitative estimate of drug-likeness (QED) is 0.762. The number of rotatable bonds is 7. The number of amides is 3. The lowest BCUT2D eigenvalue weighted by molar-refractivity contribution is -0.139. The molecule has 0 aliphatic carbocycles. The third kappa shape index (κ3) is 4.97. The van der Waals surface area contributed by atoms with Gasteiger partial charge in [0.05, 0.1) is 25.3 Å². The van der Waals surface area contributed by atoms with Crippen LogP contribution in [0.5, 0.6) is 0 Å². The number of likely N-dealkylation sites (N-methyl/N-ethyl adjacent to an activating group) is 1. The maximum atomic E-state index is 13.2. The Bertz CT molecular complexity index is 933. The molecular weight excluding hydrogens is 382 g/mol. The molecule has 2 aromatic rings. The van der Waals surface area contributed by atoms with Gasteiger partial charge in [-0.25, -0.2) is 0 Å². The second-order valence-electron chi connectivity index (χ2n) is 7.63. The molecule has 0 saturated heterocycles. The first-order chi connectivity index (χ1) is 14.4. The van der Waals surface area contributed by atoms with Crippen molar-refractivity contribution in [2.24, 2.45) is 5.92 Å². The molecular formula is C23H27N3O4. The lowest BCUT2D eigenvalue weighted by Crippen LogP contribution is -2.43. The first-order valence-electron chi connectivity index (χ1n) is 9.92. The minimum Gasteiger partial charge on any atom is -0.467 e. The van der Waals surface area contributed by atoms with Crippen LogP contribution in [0.4, 0.5) is 0 Å². The van der Waals surface area contributed by atoms with Gasteiger partial charge in [0.25, 0.3) is 5.91 Å². The number of hydrogen-bond acceptors (Lipinski definition) is 4. The van der Waals surface area contributed by atoms with Gasteiger partial charge in [-0.15, -0.1) is 0 Å². The summed E-state index contributed by atoms with van der Waals surface area (Å²) in [6.45, 7) is 2.42. The Morgan fingerprint density at radius 3 is 2.53 bits per heavy atom. The van der Waals surface area contributed by atoms with Crippen LogP contribution in [0, 0.1) is 5.92 Å². The second-order valence-corrected chi connectivity index (χ2v) is 7.63. The number of nitrogens with one attached hydrogen (secondary N) is 1. The Hall–Kier alpha value is -3.35. The predicted octanol–water partition coefficient (Wildman–Crippen LogP) is 2.70. The number of benzene rings is 1. The van der Waals surface area contributed by atoms with Crippen LogP contribution in [0.15, 0.2) is 64.4 Å². The summed E-state index contributed by atoms with van der Waals surface area (Å²) in [5, 5.41) is 2.78. The fourth-order valence-corrected chi connectivity index (χ4v) is 3.56. The Morgan fingerprint density at radius 1 is 1.17 bits per heavy atom. The smallest absolute Gasteiger partial charge is 0.251 e. The van der Waals surface area contributed by atoms with Crippen LogP contribution in [0.1, 0.15) is 31.1 Å². The van der Waals surface area contributed by atoms with Crippen molar-refractivity contribution in [3.8, 4) is 0 Å². The topological polar surface area (TPSA) is 82.9 Å². The van der Waals surface area contributed by atoms with Crippen LogP contribution < -0.4 is 5.32 Å². The average Bonchev–Trinajstić information content (AvgIpc) is 3.25. The second kappa shape index (κ2) is 9.43. The van der Waals surface area contributed by atoms with E-state index in [1.807, 2.05) is 30.3 Å². The van der Waals surface area contributed by atoms with Gasteiger partial charge in [-0.05, 0) is 31.0 Å². The number of furan rings is 1. The van der Waals surface area contributed by atoms with E-state index in [-0.39, 0.29) is 37.1 Å². The number of carbonyl (C=O) groups excluding carboxylic acids is 3. The highest BCUT2D eigenvalue weighted by molar-refractivity contribution is 5.98. The zero-order chi connectivity index (χ0) is 21.7. The molecule has 3 rings (SSSR count). The van der Waals surface area contributed by atoms with Crippen molar-refractivity contribution in [1.29, 1.82) is 0 Å². The molecule has 0 saturated carbocycles. The standard InChI is InChI=1S/C23H27N3O4/c1-16-20(23(29)25(2)3)12-18(13-21(27)24-14-19-10-7-11-30-19)22(28)26(16)15-17-8-5-4-6-9-17/h4-11,18H,12-15H2,1-3H3,(H,24,27). The van der Waals surface area contributed by atoms with Gasteiger partial charge < -0.3 is 19.5 Å². The molecule has 0 spiro atoms. The number of allylic oxidation sites excluding steroid dienone is 1. The van der Waals surface area contributed by atoms with Gasteiger partial charge in [-0.1, -0.05) is 30.3 Å². The van der Waals surface area contributed by atoms with Gasteiger partial charge in [0.15, 0.2) is 0 Å². The molecule has 1 atom stereocenters. The minimum atomic E-state index is -0.590. The minimum absolute atomic E-state index is 0.0162. The van der Waals surface area contributed by atoms with Crippen LogP contribution in [-0.2, 0) is 27.5 Å². The molecule has 1 aromatic heterocycles. The largest absolute Gasteiger partial charge is 0.467 e. The first-order valence-corrected chi connectivity index (χ1v) is 9.92. The lowest BCUT2D eigenvalue weighted by atomic mass is 9.88. The van der Waals surface area contributed by atoms with E-state index in [0.29, 0.717) is 23.6 Å².